The van der Waals surface area contributed by atoms with Crippen molar-refractivity contribution in [1.29, 1.82) is 0 Å². The molecule has 0 spiro atoms. The molecule has 0 aliphatic carbocycles. The van der Waals surface area contributed by atoms with E-state index in [1.54, 1.807) is 6.61 Å². The van der Waals surface area contributed by atoms with Gasteiger partial charge in [-0.05, 0) is 56.6 Å². The highest BCUT2D eigenvalue weighted by molar-refractivity contribution is 5.92. The highest BCUT2D eigenvalue weighted by atomic mass is 16.5. The minimum atomic E-state index is -0.894. The third-order valence-corrected chi connectivity index (χ3v) is 3.88. The Hall–Kier alpha value is -2.42. The topological polar surface area (TPSA) is 46.5 Å². The first-order valence-electron chi connectivity index (χ1n) is 6.82. The van der Waals surface area contributed by atoms with Crippen LogP contribution in [-0.2, 0) is 0 Å². The lowest BCUT2D eigenvalue weighted by Crippen LogP contribution is -2.09. The molecule has 21 heavy (non-hydrogen) atoms. The van der Waals surface area contributed by atoms with Gasteiger partial charge in [0, 0.05) is 0 Å². The van der Waals surface area contributed by atoms with Gasteiger partial charge in [-0.2, -0.15) is 17.7 Å². The molecule has 2 rings (SSSR count). The Bertz CT molecular complexity index is 644. The second-order valence-corrected chi connectivity index (χ2v) is 5.16. The van der Waals surface area contributed by atoms with E-state index in [-0.39, 0.29) is 0 Å². The molecule has 0 bridgehead atoms. The first-order valence-corrected chi connectivity index (χ1v) is 6.82. The van der Waals surface area contributed by atoms with E-state index in [0.717, 1.165) is 33.6 Å². The van der Waals surface area contributed by atoms with Gasteiger partial charge in [-0.15, -0.1) is 12.1 Å². The van der Waals surface area contributed by atoms with Crippen molar-refractivity contribution in [3.05, 3.63) is 70.3 Å². The zero-order chi connectivity index (χ0) is 15.6. The highest BCUT2D eigenvalue weighted by Crippen LogP contribution is 2.33. The van der Waals surface area contributed by atoms with Crippen molar-refractivity contribution in [3.8, 4) is 5.75 Å². The lowest BCUT2D eigenvalue weighted by Gasteiger charge is -2.21. The maximum absolute atomic E-state index is 11.4. The van der Waals surface area contributed by atoms with Crippen molar-refractivity contribution in [2.45, 2.75) is 27.7 Å². The van der Waals surface area contributed by atoms with Crippen LogP contribution in [0.4, 0.5) is 0 Å². The van der Waals surface area contributed by atoms with E-state index < -0.39 is 5.97 Å². The first kappa shape index (κ1) is 15.0. The molecule has 0 atom stereocenters. The molecule has 0 fully saturated rings. The van der Waals surface area contributed by atoms with E-state index >= 15 is 0 Å². The van der Waals surface area contributed by atoms with Gasteiger partial charge in [-0.25, -0.2) is 4.79 Å². The Balaban J connectivity index is 2.39. The highest BCUT2D eigenvalue weighted by Gasteiger charge is 2.19. The maximum atomic E-state index is 11.4. The Labute approximate surface area is 125 Å². The normalized spacial score (nSPS) is 10.3. The Morgan fingerprint density at radius 1 is 0.952 bits per heavy atom. The summed E-state index contributed by atoms with van der Waals surface area (Å²) in [6.07, 6.45) is 0. The van der Waals surface area contributed by atoms with Crippen molar-refractivity contribution in [1.82, 2.24) is 0 Å². The quantitative estimate of drug-likeness (QED) is 0.855. The number of ether oxygens (including phenoxy) is 1. The zero-order valence-corrected chi connectivity index (χ0v) is 12.7. The van der Waals surface area contributed by atoms with E-state index in [0.29, 0.717) is 5.56 Å². The van der Waals surface area contributed by atoms with Gasteiger partial charge in [0.05, 0.1) is 5.56 Å². The van der Waals surface area contributed by atoms with Crippen molar-refractivity contribution < 1.29 is 14.6 Å². The maximum Gasteiger partial charge on any atom is 0.336 e. The molecule has 0 radical (unpaired) electrons. The number of carboxylic acids is 1. The minimum absolute atomic E-state index is 0.372. The van der Waals surface area contributed by atoms with Crippen LogP contribution in [0.5, 0.6) is 5.75 Å². The third kappa shape index (κ3) is 2.87. The summed E-state index contributed by atoms with van der Waals surface area (Å²) in [5, 5.41) is 9.35. The molecule has 110 valence electrons. The molecule has 0 unspecified atom stereocenters. The van der Waals surface area contributed by atoms with E-state index in [4.69, 9.17) is 4.74 Å². The summed E-state index contributed by atoms with van der Waals surface area (Å²) in [6, 6.07) is 9.74. The predicted octanol–water partition coefficient (Wildman–Crippen LogP) is 4.21. The number of hydrogen-bond acceptors (Lipinski definition) is 2. The molecular weight excluding hydrogens is 264 g/mol. The molecule has 2 aromatic rings. The molecule has 0 saturated carbocycles. The van der Waals surface area contributed by atoms with E-state index in [2.05, 4.69) is 0 Å². The number of benzene rings is 2. The Morgan fingerprint density at radius 3 is 1.95 bits per heavy atom. The summed E-state index contributed by atoms with van der Waals surface area (Å²) in [6.45, 7) is 9.11. The van der Waals surface area contributed by atoms with Gasteiger partial charge in [0.15, 0.2) is 0 Å². The van der Waals surface area contributed by atoms with Gasteiger partial charge >= 0.3 is 5.97 Å². The molecule has 2 aromatic carbocycles. The SMILES string of the molecule is Cc1c(C)c(C(=O)O)c(C)c(C)c1O[CH-]c1ccccc1. The van der Waals surface area contributed by atoms with Crippen LogP contribution in [0.2, 0.25) is 0 Å². The Kier molecular flexibility index (Phi) is 4.22. The summed E-state index contributed by atoms with van der Waals surface area (Å²) in [7, 11) is 0. The summed E-state index contributed by atoms with van der Waals surface area (Å²) >= 11 is 0. The molecule has 0 aromatic heterocycles. The second-order valence-electron chi connectivity index (χ2n) is 5.16. The van der Waals surface area contributed by atoms with Crippen molar-refractivity contribution in [2.24, 2.45) is 0 Å². The van der Waals surface area contributed by atoms with Gasteiger partial charge in [0.2, 0.25) is 0 Å². The van der Waals surface area contributed by atoms with Crippen molar-refractivity contribution in [3.63, 3.8) is 0 Å². The summed E-state index contributed by atoms with van der Waals surface area (Å²) in [5.74, 6) is -0.159. The first-order chi connectivity index (χ1) is 9.93. The number of carbonyl (C=O) groups is 1. The molecular formula is C18H19O3-. The fourth-order valence-corrected chi connectivity index (χ4v) is 2.43. The fourth-order valence-electron chi connectivity index (χ4n) is 2.43. The summed E-state index contributed by atoms with van der Waals surface area (Å²) in [4.78, 5) is 11.4. The van der Waals surface area contributed by atoms with Crippen molar-refractivity contribution in [2.75, 3.05) is 0 Å². The van der Waals surface area contributed by atoms with Gasteiger partial charge in [-0.1, -0.05) is 6.07 Å². The largest absolute Gasteiger partial charge is 0.523 e. The average molecular weight is 283 g/mol. The van der Waals surface area contributed by atoms with E-state index in [1.165, 1.54) is 0 Å². The summed E-state index contributed by atoms with van der Waals surface area (Å²) < 4.78 is 5.83. The second kappa shape index (κ2) is 5.92. The molecule has 0 amide bonds. The molecule has 0 heterocycles. The molecule has 3 nitrogen and oxygen atoms in total. The van der Waals surface area contributed by atoms with Crippen LogP contribution in [-0.4, -0.2) is 11.1 Å². The number of aromatic carboxylic acids is 1. The number of carboxylic acid groups (broad SMARTS) is 1. The standard InChI is InChI=1S/C18H19O3/c1-11-13(3)17(14(4)12(2)16(11)18(19)20)21-10-15-8-6-5-7-9-15/h5-10H,1-4H3,(H,19,20)/q-1. The Morgan fingerprint density at radius 2 is 1.48 bits per heavy atom. The van der Waals surface area contributed by atoms with Crippen LogP contribution in [0.15, 0.2) is 30.3 Å². The molecule has 0 aliphatic heterocycles. The third-order valence-electron chi connectivity index (χ3n) is 3.88. The van der Waals surface area contributed by atoms with E-state index in [1.807, 2.05) is 58.0 Å². The van der Waals surface area contributed by atoms with Gasteiger partial charge in [0.25, 0.3) is 0 Å². The smallest absolute Gasteiger partial charge is 0.336 e. The molecule has 0 aliphatic rings. The monoisotopic (exact) mass is 283 g/mol. The van der Waals surface area contributed by atoms with Crippen LogP contribution in [0.3, 0.4) is 0 Å². The summed E-state index contributed by atoms with van der Waals surface area (Å²) in [5.41, 5.74) is 4.57. The lowest BCUT2D eigenvalue weighted by molar-refractivity contribution is 0.0695. The van der Waals surface area contributed by atoms with Crippen molar-refractivity contribution >= 4 is 5.97 Å². The van der Waals surface area contributed by atoms with Crippen LogP contribution >= 0.6 is 0 Å². The van der Waals surface area contributed by atoms with Crippen LogP contribution in [0, 0.1) is 34.3 Å². The molecule has 3 heteroatoms. The average Bonchev–Trinajstić information content (AvgIpc) is 2.46. The van der Waals surface area contributed by atoms with Crippen LogP contribution in [0.25, 0.3) is 0 Å². The van der Waals surface area contributed by atoms with Gasteiger partial charge in [0.1, 0.15) is 5.75 Å². The zero-order valence-electron chi connectivity index (χ0n) is 12.7. The molecule has 0 saturated heterocycles. The number of rotatable bonds is 4. The van der Waals surface area contributed by atoms with E-state index in [9.17, 15) is 9.90 Å². The number of hydrogen-bond donors (Lipinski definition) is 1. The van der Waals surface area contributed by atoms with Gasteiger partial charge in [-0.3, -0.25) is 0 Å². The minimum Gasteiger partial charge on any atom is -0.523 e. The molecule has 1 N–H and O–H groups in total. The van der Waals surface area contributed by atoms with Crippen LogP contribution in [0.1, 0.15) is 38.2 Å². The fraction of sp³-hybridized carbons (Fsp3) is 0.222. The predicted molar refractivity (Wildman–Crippen MR) is 82.8 cm³/mol. The van der Waals surface area contributed by atoms with Crippen LogP contribution < -0.4 is 4.74 Å². The lowest BCUT2D eigenvalue weighted by atomic mass is 9.93. The van der Waals surface area contributed by atoms with Gasteiger partial charge < -0.3 is 9.84 Å².